The molecule has 1 fully saturated rings. The average molecular weight is 554 g/mol. The highest BCUT2D eigenvalue weighted by atomic mass is 127. The van der Waals surface area contributed by atoms with Crippen LogP contribution in [0.5, 0.6) is 0 Å². The van der Waals surface area contributed by atoms with E-state index >= 15 is 0 Å². The minimum absolute atomic E-state index is 0. The molecule has 1 saturated heterocycles. The van der Waals surface area contributed by atoms with E-state index in [0.29, 0.717) is 13.0 Å². The van der Waals surface area contributed by atoms with Crippen molar-refractivity contribution in [3.63, 3.8) is 0 Å². The Bertz CT molecular complexity index is 580. The van der Waals surface area contributed by atoms with Crippen molar-refractivity contribution in [1.82, 2.24) is 15.5 Å². The number of morpholine rings is 1. The summed E-state index contributed by atoms with van der Waals surface area (Å²) in [4.78, 5) is 18.9. The fourth-order valence-corrected chi connectivity index (χ4v) is 2.79. The number of hydrogen-bond acceptors (Lipinski definition) is 4. The summed E-state index contributed by atoms with van der Waals surface area (Å²) in [7, 11) is 0. The summed E-state index contributed by atoms with van der Waals surface area (Å²) in [5, 5.41) is 9.30. The number of carbonyl (C=O) groups is 1. The third-order valence-corrected chi connectivity index (χ3v) is 4.44. The molecular weight excluding hydrogens is 525 g/mol. The summed E-state index contributed by atoms with van der Waals surface area (Å²) < 4.78 is 6.33. The second-order valence-corrected chi connectivity index (χ2v) is 6.86. The SMILES string of the molecule is CCNC(=NCCN1CCOCC1)NCCC(=O)Nc1ccc(Br)cc1.I. The third kappa shape index (κ3) is 10.3. The van der Waals surface area contributed by atoms with E-state index < -0.39 is 0 Å². The highest BCUT2D eigenvalue weighted by molar-refractivity contribution is 14.0. The molecule has 0 unspecified atom stereocenters. The number of amides is 1. The van der Waals surface area contributed by atoms with Crippen LogP contribution in [0.4, 0.5) is 5.69 Å². The van der Waals surface area contributed by atoms with E-state index in [9.17, 15) is 4.79 Å². The van der Waals surface area contributed by atoms with Crippen LogP contribution in [0.3, 0.4) is 0 Å². The van der Waals surface area contributed by atoms with Gasteiger partial charge in [-0.25, -0.2) is 0 Å². The van der Waals surface area contributed by atoms with Gasteiger partial charge in [0.1, 0.15) is 0 Å². The zero-order valence-electron chi connectivity index (χ0n) is 15.7. The van der Waals surface area contributed by atoms with Gasteiger partial charge in [0.15, 0.2) is 5.96 Å². The summed E-state index contributed by atoms with van der Waals surface area (Å²) in [6, 6.07) is 7.54. The molecule has 1 aliphatic heterocycles. The van der Waals surface area contributed by atoms with Crippen molar-refractivity contribution >= 4 is 57.5 Å². The molecule has 1 amide bonds. The summed E-state index contributed by atoms with van der Waals surface area (Å²) >= 11 is 3.38. The number of anilines is 1. The Morgan fingerprint density at radius 2 is 1.93 bits per heavy atom. The number of carbonyl (C=O) groups excluding carboxylic acids is 1. The molecule has 0 aromatic heterocycles. The van der Waals surface area contributed by atoms with Gasteiger partial charge < -0.3 is 20.7 Å². The number of rotatable bonds is 8. The first-order valence-corrected chi connectivity index (χ1v) is 9.84. The monoisotopic (exact) mass is 553 g/mol. The number of ether oxygens (including phenoxy) is 1. The first-order valence-electron chi connectivity index (χ1n) is 9.05. The Balaban J connectivity index is 0.00000364. The molecule has 0 spiro atoms. The highest BCUT2D eigenvalue weighted by Gasteiger charge is 2.09. The smallest absolute Gasteiger partial charge is 0.226 e. The fourth-order valence-electron chi connectivity index (χ4n) is 2.52. The number of hydrogen-bond donors (Lipinski definition) is 3. The number of halogens is 2. The Hall–Kier alpha value is -0.910. The topological polar surface area (TPSA) is 78.0 Å². The van der Waals surface area contributed by atoms with Gasteiger partial charge in [-0.3, -0.25) is 14.7 Å². The molecule has 1 aromatic carbocycles. The van der Waals surface area contributed by atoms with E-state index in [2.05, 4.69) is 41.8 Å². The molecule has 27 heavy (non-hydrogen) atoms. The maximum Gasteiger partial charge on any atom is 0.226 e. The Kier molecular flexibility index (Phi) is 12.6. The Morgan fingerprint density at radius 1 is 1.22 bits per heavy atom. The van der Waals surface area contributed by atoms with Gasteiger partial charge in [0.25, 0.3) is 0 Å². The zero-order chi connectivity index (χ0) is 18.6. The van der Waals surface area contributed by atoms with Gasteiger partial charge in [0.2, 0.25) is 5.91 Å². The van der Waals surface area contributed by atoms with Crippen LogP contribution in [-0.4, -0.2) is 69.2 Å². The fraction of sp³-hybridized carbons (Fsp3) is 0.556. The highest BCUT2D eigenvalue weighted by Crippen LogP contribution is 2.14. The van der Waals surface area contributed by atoms with Crippen LogP contribution < -0.4 is 16.0 Å². The molecule has 7 nitrogen and oxygen atoms in total. The molecule has 152 valence electrons. The van der Waals surface area contributed by atoms with Crippen LogP contribution in [0.15, 0.2) is 33.7 Å². The van der Waals surface area contributed by atoms with Crippen LogP contribution in [0.1, 0.15) is 13.3 Å². The van der Waals surface area contributed by atoms with E-state index in [1.807, 2.05) is 31.2 Å². The predicted molar refractivity (Wildman–Crippen MR) is 124 cm³/mol. The molecule has 3 N–H and O–H groups in total. The number of guanidine groups is 1. The van der Waals surface area contributed by atoms with Crippen LogP contribution in [-0.2, 0) is 9.53 Å². The van der Waals surface area contributed by atoms with Crippen molar-refractivity contribution in [2.45, 2.75) is 13.3 Å². The van der Waals surface area contributed by atoms with E-state index in [0.717, 1.165) is 62.1 Å². The van der Waals surface area contributed by atoms with Gasteiger partial charge in [-0.2, -0.15) is 0 Å². The largest absolute Gasteiger partial charge is 0.379 e. The van der Waals surface area contributed by atoms with Gasteiger partial charge in [-0.15, -0.1) is 24.0 Å². The molecule has 0 bridgehead atoms. The normalized spacial score (nSPS) is 15.0. The van der Waals surface area contributed by atoms with E-state index in [1.165, 1.54) is 0 Å². The maximum atomic E-state index is 12.0. The molecule has 0 aliphatic carbocycles. The number of aliphatic imine (C=N–C) groups is 1. The van der Waals surface area contributed by atoms with E-state index in [4.69, 9.17) is 4.74 Å². The maximum absolute atomic E-state index is 12.0. The lowest BCUT2D eigenvalue weighted by Gasteiger charge is -2.25. The van der Waals surface area contributed by atoms with Crippen molar-refractivity contribution in [3.05, 3.63) is 28.7 Å². The number of benzene rings is 1. The molecule has 1 aliphatic rings. The van der Waals surface area contributed by atoms with Crippen molar-refractivity contribution in [2.24, 2.45) is 4.99 Å². The van der Waals surface area contributed by atoms with Crippen LogP contribution in [0.2, 0.25) is 0 Å². The molecule has 9 heteroatoms. The summed E-state index contributed by atoms with van der Waals surface area (Å²) in [6.07, 6.45) is 0.379. The van der Waals surface area contributed by atoms with Crippen LogP contribution >= 0.6 is 39.9 Å². The van der Waals surface area contributed by atoms with Crippen molar-refractivity contribution in [3.8, 4) is 0 Å². The summed E-state index contributed by atoms with van der Waals surface area (Å²) in [6.45, 7) is 8.53. The van der Waals surface area contributed by atoms with Crippen LogP contribution in [0, 0.1) is 0 Å². The molecule has 0 saturated carbocycles. The lowest BCUT2D eigenvalue weighted by atomic mass is 10.3. The van der Waals surface area contributed by atoms with Gasteiger partial charge in [-0.1, -0.05) is 15.9 Å². The molecule has 1 heterocycles. The lowest BCUT2D eigenvalue weighted by Crippen LogP contribution is -2.40. The summed E-state index contributed by atoms with van der Waals surface area (Å²) in [5.41, 5.74) is 0.796. The van der Waals surface area contributed by atoms with Crippen LogP contribution in [0.25, 0.3) is 0 Å². The Labute approximate surface area is 186 Å². The summed E-state index contributed by atoms with van der Waals surface area (Å²) in [5.74, 6) is 0.723. The molecule has 1 aromatic rings. The minimum atomic E-state index is -0.0241. The molecule has 0 radical (unpaired) electrons. The van der Waals surface area contributed by atoms with E-state index in [-0.39, 0.29) is 29.9 Å². The number of nitrogens with one attached hydrogen (secondary N) is 3. The first-order chi connectivity index (χ1) is 12.7. The van der Waals surface area contributed by atoms with Gasteiger partial charge in [0, 0.05) is 49.3 Å². The molecule has 0 atom stereocenters. The predicted octanol–water partition coefficient (Wildman–Crippen LogP) is 2.28. The van der Waals surface area contributed by atoms with Crippen molar-refractivity contribution in [2.75, 3.05) is 57.8 Å². The Morgan fingerprint density at radius 3 is 2.59 bits per heavy atom. The van der Waals surface area contributed by atoms with E-state index in [1.54, 1.807) is 0 Å². The van der Waals surface area contributed by atoms with Crippen molar-refractivity contribution < 1.29 is 9.53 Å². The quantitative estimate of drug-likeness (QED) is 0.261. The van der Waals surface area contributed by atoms with Gasteiger partial charge >= 0.3 is 0 Å². The standard InChI is InChI=1S/C18H28BrN5O2.HI/c1-2-20-18(22-9-10-24-11-13-26-14-12-24)21-8-7-17(25)23-16-5-3-15(19)4-6-16;/h3-6H,2,7-14H2,1H3,(H,23,25)(H2,20,21,22);1H. The minimum Gasteiger partial charge on any atom is -0.379 e. The second kappa shape index (κ2) is 14.1. The third-order valence-electron chi connectivity index (χ3n) is 3.91. The molecular formula is C18H29BrIN5O2. The zero-order valence-corrected chi connectivity index (χ0v) is 19.6. The second-order valence-electron chi connectivity index (χ2n) is 5.95. The average Bonchev–Trinajstić information content (AvgIpc) is 2.64. The molecule has 2 rings (SSSR count). The van der Waals surface area contributed by atoms with Crippen molar-refractivity contribution in [1.29, 1.82) is 0 Å². The van der Waals surface area contributed by atoms with Gasteiger partial charge in [-0.05, 0) is 31.2 Å². The first kappa shape index (κ1) is 24.1. The van der Waals surface area contributed by atoms with Gasteiger partial charge in [0.05, 0.1) is 19.8 Å². The lowest BCUT2D eigenvalue weighted by molar-refractivity contribution is -0.116. The number of nitrogens with zero attached hydrogens (tertiary/aromatic N) is 2.